The molecule has 0 bridgehead atoms. The number of allylic oxidation sites excluding steroid dienone is 1. The number of aliphatic hydroxyl groups is 3. The van der Waals surface area contributed by atoms with Gasteiger partial charge in [0.1, 0.15) is 18.3 Å². The molecule has 0 aromatic carbocycles. The number of hydrogen-bond donors (Lipinski definition) is 3. The van der Waals surface area contributed by atoms with Gasteiger partial charge < -0.3 is 24.8 Å². The van der Waals surface area contributed by atoms with Crippen LogP contribution < -0.4 is 0 Å². The third-order valence-electron chi connectivity index (χ3n) is 10.8. The zero-order valence-corrected chi connectivity index (χ0v) is 19.3. The SMILES string of the molecule is C=C[C@@H]1CC[C@@H]2[C@H]3CC[C@@H]4C[C@H](O[C@H]5OC[C@H](O)[C@@H](O)[C@@H]5O)CC[C@@]4(C)[C@@H]3CC[C@@]12C. The molecule has 1 heterocycles. The van der Waals surface area contributed by atoms with Gasteiger partial charge in [0.05, 0.1) is 12.7 Å². The van der Waals surface area contributed by atoms with E-state index in [2.05, 4.69) is 26.5 Å². The lowest BCUT2D eigenvalue weighted by molar-refractivity contribution is -0.289. The molecule has 1 saturated heterocycles. The van der Waals surface area contributed by atoms with Crippen molar-refractivity contribution in [1.29, 1.82) is 0 Å². The van der Waals surface area contributed by atoms with Gasteiger partial charge in [0.2, 0.25) is 0 Å². The van der Waals surface area contributed by atoms with Gasteiger partial charge in [-0.15, -0.1) is 6.58 Å². The maximum atomic E-state index is 10.3. The molecule has 5 fully saturated rings. The van der Waals surface area contributed by atoms with E-state index in [1.165, 1.54) is 44.9 Å². The normalized spacial score (nSPS) is 56.9. The smallest absolute Gasteiger partial charge is 0.186 e. The molecule has 0 aromatic rings. The Balaban J connectivity index is 1.26. The highest BCUT2D eigenvalue weighted by atomic mass is 16.7. The highest BCUT2D eigenvalue weighted by Crippen LogP contribution is 2.67. The van der Waals surface area contributed by atoms with Gasteiger partial charge in [-0.2, -0.15) is 0 Å². The fourth-order valence-corrected chi connectivity index (χ4v) is 8.86. The average Bonchev–Trinajstić information content (AvgIpc) is 3.10. The number of hydrogen-bond acceptors (Lipinski definition) is 5. The van der Waals surface area contributed by atoms with E-state index >= 15 is 0 Å². The van der Waals surface area contributed by atoms with Crippen LogP contribution in [0.25, 0.3) is 0 Å². The van der Waals surface area contributed by atoms with E-state index < -0.39 is 24.6 Å². The van der Waals surface area contributed by atoms with Crippen molar-refractivity contribution in [2.45, 2.75) is 102 Å². The molecule has 5 heteroatoms. The Morgan fingerprint density at radius 2 is 1.65 bits per heavy atom. The summed E-state index contributed by atoms with van der Waals surface area (Å²) in [6, 6.07) is 0. The van der Waals surface area contributed by atoms with Crippen LogP contribution in [0.1, 0.15) is 71.6 Å². The Kier molecular flexibility index (Phi) is 5.83. The van der Waals surface area contributed by atoms with Crippen molar-refractivity contribution < 1.29 is 24.8 Å². The molecule has 1 aliphatic heterocycles. The Labute approximate surface area is 187 Å². The molecule has 5 rings (SSSR count). The van der Waals surface area contributed by atoms with Crippen molar-refractivity contribution in [3.05, 3.63) is 12.7 Å². The van der Waals surface area contributed by atoms with Gasteiger partial charge in [-0.05, 0) is 98.2 Å². The van der Waals surface area contributed by atoms with Gasteiger partial charge in [-0.1, -0.05) is 19.9 Å². The van der Waals surface area contributed by atoms with Crippen LogP contribution in [0.4, 0.5) is 0 Å². The van der Waals surface area contributed by atoms with E-state index in [0.29, 0.717) is 22.7 Å². The summed E-state index contributed by atoms with van der Waals surface area (Å²) in [5.41, 5.74) is 0.852. The molecule has 5 nitrogen and oxygen atoms in total. The molecule has 4 saturated carbocycles. The zero-order valence-electron chi connectivity index (χ0n) is 19.3. The molecule has 5 aliphatic rings. The van der Waals surface area contributed by atoms with Gasteiger partial charge >= 0.3 is 0 Å². The first-order valence-corrected chi connectivity index (χ1v) is 12.7. The molecule has 31 heavy (non-hydrogen) atoms. The number of fused-ring (bicyclic) bond motifs is 5. The second kappa shape index (κ2) is 8.09. The Morgan fingerprint density at radius 3 is 2.42 bits per heavy atom. The minimum Gasteiger partial charge on any atom is -0.388 e. The van der Waals surface area contributed by atoms with Crippen molar-refractivity contribution in [2.24, 2.45) is 40.4 Å². The van der Waals surface area contributed by atoms with E-state index in [9.17, 15) is 15.3 Å². The fraction of sp³-hybridized carbons (Fsp3) is 0.923. The molecule has 176 valence electrons. The predicted octanol–water partition coefficient (Wildman–Crippen LogP) is 3.66. The molecule has 0 aromatic heterocycles. The molecular formula is C26H42O5. The largest absolute Gasteiger partial charge is 0.388 e. The number of ether oxygens (including phenoxy) is 2. The first-order chi connectivity index (χ1) is 14.8. The van der Waals surface area contributed by atoms with Crippen molar-refractivity contribution in [3.8, 4) is 0 Å². The Morgan fingerprint density at radius 1 is 0.903 bits per heavy atom. The minimum absolute atomic E-state index is 0.00632. The number of rotatable bonds is 3. The van der Waals surface area contributed by atoms with E-state index in [0.717, 1.165) is 30.6 Å². The van der Waals surface area contributed by atoms with Crippen molar-refractivity contribution in [1.82, 2.24) is 0 Å². The van der Waals surface area contributed by atoms with Crippen LogP contribution in [-0.4, -0.2) is 52.6 Å². The molecule has 0 unspecified atom stereocenters. The monoisotopic (exact) mass is 434 g/mol. The predicted molar refractivity (Wildman–Crippen MR) is 118 cm³/mol. The summed E-state index contributed by atoms with van der Waals surface area (Å²) in [5.74, 6) is 3.90. The molecule has 0 spiro atoms. The average molecular weight is 435 g/mol. The van der Waals surface area contributed by atoms with Crippen LogP contribution in [0.2, 0.25) is 0 Å². The zero-order chi connectivity index (χ0) is 22.0. The standard InChI is InChI=1S/C26H42O5/c1-4-15-6-8-19-18-7-5-16-13-17(31-24-23(29)22(28)21(27)14-30-24)9-11-26(16,3)20(18)10-12-25(15,19)2/h4,15-24,27-29H,1,5-14H2,2-3H3/t15-,16-,17-,18-,19-,20-,21+,22-,23+,24-,25+,26-/m1/s1. The van der Waals surface area contributed by atoms with Crippen LogP contribution >= 0.6 is 0 Å². The lowest BCUT2D eigenvalue weighted by Gasteiger charge is -2.61. The molecule has 0 amide bonds. The topological polar surface area (TPSA) is 79.2 Å². The molecule has 4 aliphatic carbocycles. The van der Waals surface area contributed by atoms with E-state index in [-0.39, 0.29) is 12.7 Å². The van der Waals surface area contributed by atoms with Crippen LogP contribution in [-0.2, 0) is 9.47 Å². The maximum Gasteiger partial charge on any atom is 0.186 e. The summed E-state index contributed by atoms with van der Waals surface area (Å²) < 4.78 is 11.7. The minimum atomic E-state index is -1.20. The molecule has 0 radical (unpaired) electrons. The molecular weight excluding hydrogens is 392 g/mol. The summed E-state index contributed by atoms with van der Waals surface area (Å²) in [4.78, 5) is 0. The van der Waals surface area contributed by atoms with Gasteiger partial charge in [-0.3, -0.25) is 0 Å². The summed E-state index contributed by atoms with van der Waals surface area (Å²) in [5, 5.41) is 29.9. The maximum absolute atomic E-state index is 10.3. The van der Waals surface area contributed by atoms with Gasteiger partial charge in [0.15, 0.2) is 6.29 Å². The lowest BCUT2D eigenvalue weighted by Crippen LogP contribution is -2.56. The van der Waals surface area contributed by atoms with Crippen LogP contribution in [0, 0.1) is 40.4 Å². The van der Waals surface area contributed by atoms with Crippen molar-refractivity contribution in [2.75, 3.05) is 6.61 Å². The third kappa shape index (κ3) is 3.45. The van der Waals surface area contributed by atoms with Gasteiger partial charge in [0.25, 0.3) is 0 Å². The second-order valence-corrected chi connectivity index (χ2v) is 11.9. The van der Waals surface area contributed by atoms with E-state index in [4.69, 9.17) is 9.47 Å². The molecule has 3 N–H and O–H groups in total. The molecule has 12 atom stereocenters. The van der Waals surface area contributed by atoms with Gasteiger partial charge in [0, 0.05) is 0 Å². The summed E-state index contributed by atoms with van der Waals surface area (Å²) >= 11 is 0. The van der Waals surface area contributed by atoms with Crippen LogP contribution in [0.5, 0.6) is 0 Å². The quantitative estimate of drug-likeness (QED) is 0.467. The Bertz CT molecular complexity index is 683. The fourth-order valence-electron chi connectivity index (χ4n) is 8.86. The third-order valence-corrected chi connectivity index (χ3v) is 10.8. The van der Waals surface area contributed by atoms with Crippen molar-refractivity contribution >= 4 is 0 Å². The highest BCUT2D eigenvalue weighted by Gasteiger charge is 2.59. The first kappa shape index (κ1) is 22.3. The summed E-state index contributed by atoms with van der Waals surface area (Å²) in [6.07, 6.45) is 9.22. The second-order valence-electron chi connectivity index (χ2n) is 11.9. The number of aliphatic hydroxyl groups excluding tert-OH is 3. The first-order valence-electron chi connectivity index (χ1n) is 12.7. The van der Waals surface area contributed by atoms with E-state index in [1.807, 2.05) is 0 Å². The lowest BCUT2D eigenvalue weighted by atomic mass is 9.44. The van der Waals surface area contributed by atoms with Crippen LogP contribution in [0.3, 0.4) is 0 Å². The summed E-state index contributed by atoms with van der Waals surface area (Å²) in [6.45, 7) is 9.27. The highest BCUT2D eigenvalue weighted by molar-refractivity contribution is 5.11. The van der Waals surface area contributed by atoms with E-state index in [1.54, 1.807) is 0 Å². The van der Waals surface area contributed by atoms with Crippen LogP contribution in [0.15, 0.2) is 12.7 Å². The van der Waals surface area contributed by atoms with Gasteiger partial charge in [-0.25, -0.2) is 0 Å². The van der Waals surface area contributed by atoms with Crippen molar-refractivity contribution in [3.63, 3.8) is 0 Å². The Hall–Kier alpha value is -0.460. The summed E-state index contributed by atoms with van der Waals surface area (Å²) in [7, 11) is 0.